The van der Waals surface area contributed by atoms with Crippen LogP contribution in [-0.4, -0.2) is 32.2 Å². The minimum Gasteiger partial charge on any atom is -0.377 e. The van der Waals surface area contributed by atoms with Crippen LogP contribution in [0.3, 0.4) is 0 Å². The predicted octanol–water partition coefficient (Wildman–Crippen LogP) is 3.50. The standard InChI is InChI=1S/C20H22FN5O/c1-12-8-13(5-7-23-12)14-9-16-18(25-17-4-3-6-20(17,2)21)15(19(22)27)10-24-26(16)11-14/h5,7-11,17,25H,3-4,6H2,1-2H3,(H2,22,27). The first kappa shape index (κ1) is 17.5. The molecule has 1 fully saturated rings. The highest BCUT2D eigenvalue weighted by Gasteiger charge is 2.39. The summed E-state index contributed by atoms with van der Waals surface area (Å²) in [5, 5.41) is 7.56. The number of aromatic nitrogens is 3. The van der Waals surface area contributed by atoms with Crippen molar-refractivity contribution in [3.8, 4) is 11.1 Å². The number of anilines is 1. The van der Waals surface area contributed by atoms with Gasteiger partial charge in [-0.25, -0.2) is 8.91 Å². The van der Waals surface area contributed by atoms with Crippen molar-refractivity contribution in [2.24, 2.45) is 5.73 Å². The molecule has 1 aliphatic rings. The van der Waals surface area contributed by atoms with Crippen LogP contribution >= 0.6 is 0 Å². The Bertz CT molecular complexity index is 1030. The summed E-state index contributed by atoms with van der Waals surface area (Å²) >= 11 is 0. The second kappa shape index (κ2) is 6.33. The maximum absolute atomic E-state index is 14.8. The number of hydrogen-bond donors (Lipinski definition) is 2. The zero-order chi connectivity index (χ0) is 19.2. The lowest BCUT2D eigenvalue weighted by molar-refractivity contribution is 0.1000. The monoisotopic (exact) mass is 367 g/mol. The van der Waals surface area contributed by atoms with E-state index in [9.17, 15) is 9.18 Å². The second-order valence-corrected chi connectivity index (χ2v) is 7.41. The van der Waals surface area contributed by atoms with Crippen LogP contribution in [0.1, 0.15) is 42.2 Å². The molecule has 3 aromatic heterocycles. The van der Waals surface area contributed by atoms with Gasteiger partial charge in [0.2, 0.25) is 0 Å². The Kier molecular flexibility index (Phi) is 4.09. The van der Waals surface area contributed by atoms with Crippen molar-refractivity contribution < 1.29 is 9.18 Å². The van der Waals surface area contributed by atoms with E-state index in [0.717, 1.165) is 23.2 Å². The molecule has 2 atom stereocenters. The summed E-state index contributed by atoms with van der Waals surface area (Å²) in [5.74, 6) is -0.589. The molecule has 3 aromatic rings. The highest BCUT2D eigenvalue weighted by molar-refractivity contribution is 6.02. The summed E-state index contributed by atoms with van der Waals surface area (Å²) in [4.78, 5) is 16.2. The number of hydrogen-bond acceptors (Lipinski definition) is 4. The van der Waals surface area contributed by atoms with Gasteiger partial charge in [-0.15, -0.1) is 0 Å². The smallest absolute Gasteiger partial charge is 0.252 e. The summed E-state index contributed by atoms with van der Waals surface area (Å²) in [6, 6.07) is 5.45. The fraction of sp³-hybridized carbons (Fsp3) is 0.350. The topological polar surface area (TPSA) is 85.3 Å². The fourth-order valence-corrected chi connectivity index (χ4v) is 3.80. The average molecular weight is 367 g/mol. The normalized spacial score (nSPS) is 22.3. The van der Waals surface area contributed by atoms with Crippen molar-refractivity contribution in [2.75, 3.05) is 5.32 Å². The number of nitrogens with zero attached hydrogens (tertiary/aromatic N) is 3. The molecular formula is C20H22FN5O. The molecule has 2 unspecified atom stereocenters. The first-order valence-corrected chi connectivity index (χ1v) is 9.05. The Morgan fingerprint density at radius 3 is 2.89 bits per heavy atom. The van der Waals surface area contributed by atoms with Gasteiger partial charge in [-0.1, -0.05) is 0 Å². The Morgan fingerprint density at radius 1 is 1.41 bits per heavy atom. The maximum atomic E-state index is 14.8. The summed E-state index contributed by atoms with van der Waals surface area (Å²) in [5.41, 5.74) is 8.56. The molecule has 0 saturated heterocycles. The number of carbonyl (C=O) groups is 1. The van der Waals surface area contributed by atoms with E-state index < -0.39 is 11.6 Å². The molecule has 4 rings (SSSR count). The number of halogens is 1. The lowest BCUT2D eigenvalue weighted by Gasteiger charge is -2.26. The number of fused-ring (bicyclic) bond motifs is 1. The third kappa shape index (κ3) is 3.13. The number of alkyl halides is 1. The first-order valence-electron chi connectivity index (χ1n) is 9.05. The number of aryl methyl sites for hydroxylation is 1. The number of nitrogens with two attached hydrogens (primary N) is 1. The molecule has 3 heterocycles. The zero-order valence-corrected chi connectivity index (χ0v) is 15.4. The molecule has 1 amide bonds. The molecule has 1 aliphatic carbocycles. The highest BCUT2D eigenvalue weighted by Crippen LogP contribution is 2.37. The third-order valence-corrected chi connectivity index (χ3v) is 5.34. The Balaban J connectivity index is 1.84. The van der Waals surface area contributed by atoms with Crippen LogP contribution < -0.4 is 11.1 Å². The molecule has 140 valence electrons. The minimum atomic E-state index is -1.33. The van der Waals surface area contributed by atoms with Gasteiger partial charge in [-0.3, -0.25) is 9.78 Å². The summed E-state index contributed by atoms with van der Waals surface area (Å²) in [6.45, 7) is 3.53. The zero-order valence-electron chi connectivity index (χ0n) is 15.4. The fourth-order valence-electron chi connectivity index (χ4n) is 3.80. The van der Waals surface area contributed by atoms with Crippen molar-refractivity contribution in [2.45, 2.75) is 44.8 Å². The van der Waals surface area contributed by atoms with E-state index in [1.807, 2.05) is 31.3 Å². The number of amides is 1. The van der Waals surface area contributed by atoms with Gasteiger partial charge in [0.1, 0.15) is 5.67 Å². The lowest BCUT2D eigenvalue weighted by Crippen LogP contribution is -2.36. The molecule has 7 heteroatoms. The lowest BCUT2D eigenvalue weighted by atomic mass is 10.0. The highest BCUT2D eigenvalue weighted by atomic mass is 19.1. The van der Waals surface area contributed by atoms with Crippen LogP contribution in [-0.2, 0) is 0 Å². The van der Waals surface area contributed by atoms with E-state index in [4.69, 9.17) is 5.73 Å². The summed E-state index contributed by atoms with van der Waals surface area (Å²) in [6.07, 6.45) is 7.08. The molecule has 0 radical (unpaired) electrons. The quantitative estimate of drug-likeness (QED) is 0.739. The Hall–Kier alpha value is -2.96. The number of carbonyl (C=O) groups excluding carboxylic acids is 1. The number of primary amides is 1. The molecule has 0 aromatic carbocycles. The van der Waals surface area contributed by atoms with Crippen LogP contribution in [0.2, 0.25) is 0 Å². The van der Waals surface area contributed by atoms with Crippen LogP contribution in [0.15, 0.2) is 36.8 Å². The molecule has 0 bridgehead atoms. The SMILES string of the molecule is Cc1cc(-c2cc3c(NC4CCCC4(C)F)c(C(N)=O)cnn3c2)ccn1. The molecule has 27 heavy (non-hydrogen) atoms. The van der Waals surface area contributed by atoms with Crippen LogP contribution in [0.25, 0.3) is 16.6 Å². The number of rotatable bonds is 4. The van der Waals surface area contributed by atoms with Gasteiger partial charge in [-0.05, 0) is 56.9 Å². The van der Waals surface area contributed by atoms with Crippen LogP contribution in [0.4, 0.5) is 10.1 Å². The van der Waals surface area contributed by atoms with Gasteiger partial charge in [0.25, 0.3) is 5.91 Å². The van der Waals surface area contributed by atoms with E-state index >= 15 is 0 Å². The number of pyridine rings is 1. The van der Waals surface area contributed by atoms with E-state index in [2.05, 4.69) is 15.4 Å². The van der Waals surface area contributed by atoms with Crippen LogP contribution in [0, 0.1) is 6.92 Å². The molecule has 6 nitrogen and oxygen atoms in total. The third-order valence-electron chi connectivity index (χ3n) is 5.34. The molecular weight excluding hydrogens is 345 g/mol. The van der Waals surface area contributed by atoms with E-state index in [1.165, 1.54) is 6.20 Å². The molecule has 3 N–H and O–H groups in total. The molecule has 1 saturated carbocycles. The second-order valence-electron chi connectivity index (χ2n) is 7.41. The van der Waals surface area contributed by atoms with Gasteiger partial charge in [0.05, 0.1) is 29.0 Å². The Labute approximate surface area is 156 Å². The van der Waals surface area contributed by atoms with Gasteiger partial charge < -0.3 is 11.1 Å². The van der Waals surface area contributed by atoms with Crippen molar-refractivity contribution >= 4 is 17.1 Å². The maximum Gasteiger partial charge on any atom is 0.252 e. The summed E-state index contributed by atoms with van der Waals surface area (Å²) in [7, 11) is 0. The van der Waals surface area contributed by atoms with Gasteiger partial charge >= 0.3 is 0 Å². The van der Waals surface area contributed by atoms with Crippen molar-refractivity contribution in [3.63, 3.8) is 0 Å². The Morgan fingerprint density at radius 2 is 2.22 bits per heavy atom. The molecule has 0 spiro atoms. The van der Waals surface area contributed by atoms with Crippen LogP contribution in [0.5, 0.6) is 0 Å². The van der Waals surface area contributed by atoms with Crippen molar-refractivity contribution in [1.29, 1.82) is 0 Å². The van der Waals surface area contributed by atoms with Gasteiger partial charge in [0.15, 0.2) is 0 Å². The first-order chi connectivity index (χ1) is 12.8. The van der Waals surface area contributed by atoms with Gasteiger partial charge in [0, 0.05) is 23.7 Å². The average Bonchev–Trinajstić information content (AvgIpc) is 3.18. The van der Waals surface area contributed by atoms with Crippen molar-refractivity contribution in [3.05, 3.63) is 48.0 Å². The number of nitrogens with one attached hydrogen (secondary N) is 1. The largest absolute Gasteiger partial charge is 0.377 e. The van der Waals surface area contributed by atoms with E-state index in [0.29, 0.717) is 24.0 Å². The van der Waals surface area contributed by atoms with Gasteiger partial charge in [-0.2, -0.15) is 5.10 Å². The summed E-state index contributed by atoms with van der Waals surface area (Å²) < 4.78 is 16.5. The van der Waals surface area contributed by atoms with E-state index in [1.54, 1.807) is 17.6 Å². The van der Waals surface area contributed by atoms with E-state index in [-0.39, 0.29) is 11.6 Å². The molecule has 0 aliphatic heterocycles. The van der Waals surface area contributed by atoms with Crippen molar-refractivity contribution in [1.82, 2.24) is 14.6 Å². The predicted molar refractivity (Wildman–Crippen MR) is 102 cm³/mol. The minimum absolute atomic E-state index is 0.265.